The second kappa shape index (κ2) is 11.5. The minimum Gasteiger partial charge on any atom is -0.495 e. The second-order valence-corrected chi connectivity index (χ2v) is 10.2. The summed E-state index contributed by atoms with van der Waals surface area (Å²) in [7, 11) is -2.18. The fraction of sp³-hybridized carbons (Fsp3) is 0.381. The highest BCUT2D eigenvalue weighted by atomic mass is 35.5. The third kappa shape index (κ3) is 7.74. The molecule has 0 atom stereocenters. The lowest BCUT2D eigenvalue weighted by Crippen LogP contribution is -2.40. The number of halogens is 1. The molecule has 1 amide bonds. The Kier molecular flexibility index (Phi) is 9.33. The van der Waals surface area contributed by atoms with Crippen molar-refractivity contribution >= 4 is 45.0 Å². The van der Waals surface area contributed by atoms with E-state index >= 15 is 0 Å². The molecular formula is C21H27ClN2O4S2. The molecule has 2 aromatic rings. The van der Waals surface area contributed by atoms with E-state index in [9.17, 15) is 13.2 Å². The van der Waals surface area contributed by atoms with Crippen molar-refractivity contribution in [2.24, 2.45) is 0 Å². The van der Waals surface area contributed by atoms with Crippen LogP contribution in [0.4, 0.5) is 5.69 Å². The maximum Gasteiger partial charge on any atom is 0.240 e. The number of anilines is 1. The number of sulfonamides is 1. The Morgan fingerprint density at radius 3 is 2.50 bits per heavy atom. The van der Waals surface area contributed by atoms with Crippen molar-refractivity contribution in [2.75, 3.05) is 36.5 Å². The summed E-state index contributed by atoms with van der Waals surface area (Å²) in [6.45, 7) is 2.24. The highest BCUT2D eigenvalue weighted by Crippen LogP contribution is 2.30. The molecule has 2 aromatic carbocycles. The van der Waals surface area contributed by atoms with Gasteiger partial charge in [0.25, 0.3) is 0 Å². The molecule has 0 aliphatic carbocycles. The van der Waals surface area contributed by atoms with E-state index in [1.54, 1.807) is 23.9 Å². The summed E-state index contributed by atoms with van der Waals surface area (Å²) in [5, 5.41) is 3.06. The topological polar surface area (TPSA) is 75.7 Å². The van der Waals surface area contributed by atoms with Crippen molar-refractivity contribution in [3.05, 3.63) is 58.6 Å². The molecule has 30 heavy (non-hydrogen) atoms. The van der Waals surface area contributed by atoms with Crippen LogP contribution in [-0.2, 0) is 20.6 Å². The van der Waals surface area contributed by atoms with Crippen molar-refractivity contribution in [1.29, 1.82) is 0 Å². The average Bonchev–Trinajstić information content (AvgIpc) is 2.69. The van der Waals surface area contributed by atoms with Crippen LogP contribution in [0.1, 0.15) is 17.5 Å². The van der Waals surface area contributed by atoms with E-state index in [0.717, 1.165) is 28.5 Å². The zero-order valence-electron chi connectivity index (χ0n) is 17.4. The molecular weight excluding hydrogens is 444 g/mol. The van der Waals surface area contributed by atoms with E-state index in [1.807, 2.05) is 0 Å². The maximum atomic E-state index is 12.3. The molecule has 0 fully saturated rings. The number of aryl methyl sites for hydroxylation is 1. The lowest BCUT2D eigenvalue weighted by atomic mass is 10.2. The number of nitrogens with one attached hydrogen (secondary N) is 1. The minimum absolute atomic E-state index is 0.273. The predicted octanol–water partition coefficient (Wildman–Crippen LogP) is 3.86. The van der Waals surface area contributed by atoms with Gasteiger partial charge in [-0.15, -0.1) is 0 Å². The molecule has 1 N–H and O–H groups in total. The summed E-state index contributed by atoms with van der Waals surface area (Å²) in [5.74, 6) is 1.89. The zero-order valence-corrected chi connectivity index (χ0v) is 19.7. The third-order valence-corrected chi connectivity index (χ3v) is 6.84. The molecule has 2 rings (SSSR count). The molecule has 0 heterocycles. The molecule has 0 bridgehead atoms. The Hall–Kier alpha value is -1.90. The molecule has 0 spiro atoms. The van der Waals surface area contributed by atoms with Crippen molar-refractivity contribution in [1.82, 2.24) is 5.32 Å². The van der Waals surface area contributed by atoms with Crippen molar-refractivity contribution in [3.8, 4) is 5.75 Å². The molecule has 164 valence electrons. The first-order valence-electron chi connectivity index (χ1n) is 9.42. The van der Waals surface area contributed by atoms with Gasteiger partial charge in [0.2, 0.25) is 15.9 Å². The molecule has 0 aliphatic heterocycles. The normalized spacial score (nSPS) is 11.2. The first kappa shape index (κ1) is 24.4. The van der Waals surface area contributed by atoms with Crippen molar-refractivity contribution < 1.29 is 17.9 Å². The fourth-order valence-corrected chi connectivity index (χ4v) is 4.69. The number of hydrogen-bond acceptors (Lipinski definition) is 5. The van der Waals surface area contributed by atoms with Crippen molar-refractivity contribution in [3.63, 3.8) is 0 Å². The van der Waals surface area contributed by atoms with Crippen LogP contribution in [0.3, 0.4) is 0 Å². The van der Waals surface area contributed by atoms with Gasteiger partial charge in [0, 0.05) is 12.3 Å². The molecule has 0 saturated carbocycles. The molecule has 0 unspecified atom stereocenters. The number of ether oxygens (including phenoxy) is 1. The molecule has 6 nitrogen and oxygen atoms in total. The number of carbonyl (C=O) groups is 1. The van der Waals surface area contributed by atoms with Gasteiger partial charge in [-0.25, -0.2) is 8.42 Å². The largest absolute Gasteiger partial charge is 0.495 e. The number of methoxy groups -OCH3 is 1. The van der Waals surface area contributed by atoms with E-state index in [2.05, 4.69) is 36.5 Å². The van der Waals surface area contributed by atoms with Crippen molar-refractivity contribution in [2.45, 2.75) is 19.1 Å². The number of amides is 1. The van der Waals surface area contributed by atoms with Gasteiger partial charge in [-0.3, -0.25) is 9.10 Å². The van der Waals surface area contributed by atoms with Crippen LogP contribution in [-0.4, -0.2) is 46.5 Å². The van der Waals surface area contributed by atoms with Crippen LogP contribution in [0.25, 0.3) is 0 Å². The summed E-state index contributed by atoms with van der Waals surface area (Å²) in [6, 6.07) is 13.0. The molecule has 0 aliphatic rings. The standard InChI is InChI=1S/C21H27ClN2O4S2/c1-16-5-7-17(8-6-16)15-29-12-4-11-23-21(25)14-24(30(3,26)27)18-9-10-20(28-2)19(22)13-18/h5-10,13H,4,11-12,14-15H2,1-3H3,(H,23,25). The number of hydrogen-bond donors (Lipinski definition) is 1. The van der Waals surface area contributed by atoms with Gasteiger partial charge in [-0.2, -0.15) is 11.8 Å². The zero-order chi connectivity index (χ0) is 22.1. The Morgan fingerprint density at radius 2 is 1.90 bits per heavy atom. The maximum absolute atomic E-state index is 12.3. The molecule has 0 aromatic heterocycles. The lowest BCUT2D eigenvalue weighted by Gasteiger charge is -2.22. The summed E-state index contributed by atoms with van der Waals surface area (Å²) in [5.41, 5.74) is 2.83. The number of benzene rings is 2. The molecule has 0 radical (unpaired) electrons. The SMILES string of the molecule is COc1ccc(N(CC(=O)NCCCSCc2ccc(C)cc2)S(C)(=O)=O)cc1Cl. The Bertz CT molecular complexity index is 950. The van der Waals surface area contributed by atoms with E-state index in [1.165, 1.54) is 24.3 Å². The van der Waals surface area contributed by atoms with E-state index in [0.29, 0.717) is 18.0 Å². The van der Waals surface area contributed by atoms with E-state index in [-0.39, 0.29) is 17.5 Å². The van der Waals surface area contributed by atoms with E-state index in [4.69, 9.17) is 16.3 Å². The van der Waals surface area contributed by atoms with Gasteiger partial charge < -0.3 is 10.1 Å². The monoisotopic (exact) mass is 470 g/mol. The number of thioether (sulfide) groups is 1. The second-order valence-electron chi connectivity index (χ2n) is 6.83. The summed E-state index contributed by atoms with van der Waals surface area (Å²) in [4.78, 5) is 12.3. The Morgan fingerprint density at radius 1 is 1.20 bits per heavy atom. The highest BCUT2D eigenvalue weighted by molar-refractivity contribution is 7.98. The lowest BCUT2D eigenvalue weighted by molar-refractivity contribution is -0.119. The van der Waals surface area contributed by atoms with Gasteiger partial charge in [0.15, 0.2) is 0 Å². The number of rotatable bonds is 11. The van der Waals surface area contributed by atoms with E-state index < -0.39 is 10.0 Å². The fourth-order valence-electron chi connectivity index (χ4n) is 2.67. The van der Waals surface area contributed by atoms with Crippen LogP contribution in [0.5, 0.6) is 5.75 Å². The van der Waals surface area contributed by atoms with Crippen LogP contribution in [0.2, 0.25) is 5.02 Å². The van der Waals surface area contributed by atoms with Gasteiger partial charge in [-0.05, 0) is 42.9 Å². The summed E-state index contributed by atoms with van der Waals surface area (Å²) < 4.78 is 30.5. The number of nitrogens with zero attached hydrogens (tertiary/aromatic N) is 1. The molecule has 9 heteroatoms. The Labute approximate surface area is 188 Å². The number of carbonyl (C=O) groups excluding carboxylic acids is 1. The highest BCUT2D eigenvalue weighted by Gasteiger charge is 2.21. The van der Waals surface area contributed by atoms with Crippen LogP contribution >= 0.6 is 23.4 Å². The third-order valence-electron chi connectivity index (χ3n) is 4.29. The van der Waals surface area contributed by atoms with Crippen LogP contribution in [0, 0.1) is 6.92 Å². The minimum atomic E-state index is -3.65. The quantitative estimate of drug-likeness (QED) is 0.504. The first-order chi connectivity index (χ1) is 14.2. The van der Waals surface area contributed by atoms with Gasteiger partial charge in [-0.1, -0.05) is 41.4 Å². The summed E-state index contributed by atoms with van der Waals surface area (Å²) in [6.07, 6.45) is 1.86. The van der Waals surface area contributed by atoms with Gasteiger partial charge in [0.1, 0.15) is 12.3 Å². The molecule has 0 saturated heterocycles. The van der Waals surface area contributed by atoms with Crippen LogP contribution < -0.4 is 14.4 Å². The van der Waals surface area contributed by atoms with Gasteiger partial charge >= 0.3 is 0 Å². The van der Waals surface area contributed by atoms with Gasteiger partial charge in [0.05, 0.1) is 24.1 Å². The predicted molar refractivity (Wildman–Crippen MR) is 125 cm³/mol. The smallest absolute Gasteiger partial charge is 0.240 e. The summed E-state index contributed by atoms with van der Waals surface area (Å²) >= 11 is 7.89. The average molecular weight is 471 g/mol. The Balaban J connectivity index is 1.80. The van der Waals surface area contributed by atoms with Crippen LogP contribution in [0.15, 0.2) is 42.5 Å². The first-order valence-corrected chi connectivity index (χ1v) is 12.8.